The molecule has 17 heavy (non-hydrogen) atoms. The van der Waals surface area contributed by atoms with Crippen LogP contribution in [0, 0.1) is 17.6 Å². The summed E-state index contributed by atoms with van der Waals surface area (Å²) >= 11 is 3.31. The lowest BCUT2D eigenvalue weighted by atomic mass is 10.1. The predicted molar refractivity (Wildman–Crippen MR) is 66.2 cm³/mol. The van der Waals surface area contributed by atoms with Gasteiger partial charge < -0.3 is 5.32 Å². The molecule has 0 heterocycles. The SMILES string of the molecule is CC(CBr)C(C)NC(=O)c1cc(F)cc(F)c1. The molecule has 0 aromatic heterocycles. The average Bonchev–Trinajstić information content (AvgIpc) is 2.26. The maximum atomic E-state index is 12.9. The van der Waals surface area contributed by atoms with Crippen LogP contribution in [0.3, 0.4) is 0 Å². The van der Waals surface area contributed by atoms with Crippen molar-refractivity contribution >= 4 is 21.8 Å². The summed E-state index contributed by atoms with van der Waals surface area (Å²) < 4.78 is 25.8. The van der Waals surface area contributed by atoms with Gasteiger partial charge in [0.2, 0.25) is 0 Å². The minimum Gasteiger partial charge on any atom is -0.349 e. The Kier molecular flexibility index (Phi) is 5.05. The highest BCUT2D eigenvalue weighted by Crippen LogP contribution is 2.10. The molecule has 0 saturated heterocycles. The fourth-order valence-corrected chi connectivity index (χ4v) is 1.81. The number of nitrogens with one attached hydrogen (secondary N) is 1. The molecule has 0 aliphatic carbocycles. The maximum Gasteiger partial charge on any atom is 0.251 e. The van der Waals surface area contributed by atoms with Gasteiger partial charge in [-0.15, -0.1) is 0 Å². The van der Waals surface area contributed by atoms with Crippen molar-refractivity contribution in [3.8, 4) is 0 Å². The van der Waals surface area contributed by atoms with Crippen molar-refractivity contribution in [2.75, 3.05) is 5.33 Å². The molecule has 0 aliphatic heterocycles. The quantitative estimate of drug-likeness (QED) is 0.851. The summed E-state index contributed by atoms with van der Waals surface area (Å²) in [6.07, 6.45) is 0. The summed E-state index contributed by atoms with van der Waals surface area (Å²) in [4.78, 5) is 11.7. The van der Waals surface area contributed by atoms with Gasteiger partial charge in [0.15, 0.2) is 0 Å². The Bertz CT molecular complexity index is 391. The van der Waals surface area contributed by atoms with E-state index in [-0.39, 0.29) is 17.5 Å². The summed E-state index contributed by atoms with van der Waals surface area (Å²) in [6, 6.07) is 2.70. The maximum absolute atomic E-state index is 12.9. The van der Waals surface area contributed by atoms with E-state index in [4.69, 9.17) is 0 Å². The molecule has 0 fully saturated rings. The van der Waals surface area contributed by atoms with E-state index in [2.05, 4.69) is 21.2 Å². The molecule has 94 valence electrons. The molecule has 1 N–H and O–H groups in total. The van der Waals surface area contributed by atoms with Gasteiger partial charge in [0.25, 0.3) is 5.91 Å². The summed E-state index contributed by atoms with van der Waals surface area (Å²) in [5.41, 5.74) is -0.00359. The molecule has 0 bridgehead atoms. The number of halogens is 3. The van der Waals surface area contributed by atoms with Gasteiger partial charge in [-0.2, -0.15) is 0 Å². The van der Waals surface area contributed by atoms with E-state index in [9.17, 15) is 13.6 Å². The minimum absolute atomic E-state index is 0.00359. The van der Waals surface area contributed by atoms with Crippen LogP contribution in [0.25, 0.3) is 0 Å². The van der Waals surface area contributed by atoms with Gasteiger partial charge in [-0.1, -0.05) is 22.9 Å². The number of benzene rings is 1. The molecule has 0 aliphatic rings. The standard InChI is InChI=1S/C12H14BrF2NO/c1-7(6-13)8(2)16-12(17)9-3-10(14)5-11(15)4-9/h3-5,7-8H,6H2,1-2H3,(H,16,17). The zero-order chi connectivity index (χ0) is 13.0. The molecule has 2 atom stereocenters. The first-order valence-corrected chi connectivity index (χ1v) is 6.39. The van der Waals surface area contributed by atoms with Gasteiger partial charge in [0.1, 0.15) is 11.6 Å². The van der Waals surface area contributed by atoms with E-state index in [1.165, 1.54) is 0 Å². The topological polar surface area (TPSA) is 29.1 Å². The van der Waals surface area contributed by atoms with Crippen LogP contribution in [-0.4, -0.2) is 17.3 Å². The third-order valence-corrected chi connectivity index (χ3v) is 3.60. The van der Waals surface area contributed by atoms with Crippen LogP contribution in [-0.2, 0) is 0 Å². The Morgan fingerprint density at radius 2 is 1.82 bits per heavy atom. The molecule has 2 unspecified atom stereocenters. The fourth-order valence-electron chi connectivity index (χ4n) is 1.25. The lowest BCUT2D eigenvalue weighted by Gasteiger charge is -2.19. The van der Waals surface area contributed by atoms with E-state index in [1.807, 2.05) is 13.8 Å². The second kappa shape index (κ2) is 6.10. The number of carbonyl (C=O) groups excluding carboxylic acids is 1. The first-order valence-electron chi connectivity index (χ1n) is 5.27. The van der Waals surface area contributed by atoms with Crippen molar-refractivity contribution in [2.24, 2.45) is 5.92 Å². The zero-order valence-corrected chi connectivity index (χ0v) is 11.2. The molecular weight excluding hydrogens is 292 g/mol. The first kappa shape index (κ1) is 14.1. The molecule has 0 radical (unpaired) electrons. The molecule has 1 aromatic rings. The molecular formula is C12H14BrF2NO. The number of alkyl halides is 1. The number of hydrogen-bond donors (Lipinski definition) is 1. The highest BCUT2D eigenvalue weighted by atomic mass is 79.9. The van der Waals surface area contributed by atoms with E-state index >= 15 is 0 Å². The van der Waals surface area contributed by atoms with Gasteiger partial charge in [-0.25, -0.2) is 8.78 Å². The smallest absolute Gasteiger partial charge is 0.251 e. The monoisotopic (exact) mass is 305 g/mol. The summed E-state index contributed by atoms with van der Waals surface area (Å²) in [5.74, 6) is -1.74. The number of carbonyl (C=O) groups is 1. The van der Waals surface area contributed by atoms with Crippen LogP contribution in [0.2, 0.25) is 0 Å². The second-order valence-electron chi connectivity index (χ2n) is 4.05. The Morgan fingerprint density at radius 1 is 1.29 bits per heavy atom. The Balaban J connectivity index is 2.76. The number of hydrogen-bond acceptors (Lipinski definition) is 1. The molecule has 1 rings (SSSR count). The fraction of sp³-hybridized carbons (Fsp3) is 0.417. The van der Waals surface area contributed by atoms with Crippen LogP contribution >= 0.6 is 15.9 Å². The highest BCUT2D eigenvalue weighted by Gasteiger charge is 2.15. The number of rotatable bonds is 4. The summed E-state index contributed by atoms with van der Waals surface area (Å²) in [5, 5.41) is 3.44. The van der Waals surface area contributed by atoms with E-state index in [0.717, 1.165) is 23.5 Å². The first-order chi connectivity index (χ1) is 7.93. The van der Waals surface area contributed by atoms with E-state index in [0.29, 0.717) is 0 Å². The molecule has 0 spiro atoms. The molecule has 5 heteroatoms. The van der Waals surface area contributed by atoms with Gasteiger partial charge >= 0.3 is 0 Å². The molecule has 0 saturated carbocycles. The van der Waals surface area contributed by atoms with Gasteiger partial charge in [-0.05, 0) is 25.0 Å². The summed E-state index contributed by atoms with van der Waals surface area (Å²) in [6.45, 7) is 3.81. The van der Waals surface area contributed by atoms with E-state index < -0.39 is 17.5 Å². The molecule has 1 aromatic carbocycles. The lowest BCUT2D eigenvalue weighted by molar-refractivity contribution is 0.0930. The van der Waals surface area contributed by atoms with Crippen molar-refractivity contribution in [3.05, 3.63) is 35.4 Å². The second-order valence-corrected chi connectivity index (χ2v) is 4.70. The Morgan fingerprint density at radius 3 is 2.29 bits per heavy atom. The third-order valence-electron chi connectivity index (χ3n) is 2.58. The van der Waals surface area contributed by atoms with Crippen molar-refractivity contribution in [1.82, 2.24) is 5.32 Å². The minimum atomic E-state index is -0.753. The predicted octanol–water partition coefficient (Wildman–Crippen LogP) is 3.11. The van der Waals surface area contributed by atoms with E-state index in [1.54, 1.807) is 0 Å². The third kappa shape index (κ3) is 4.07. The van der Waals surface area contributed by atoms with Crippen LogP contribution in [0.1, 0.15) is 24.2 Å². The van der Waals surface area contributed by atoms with Crippen LogP contribution in [0.4, 0.5) is 8.78 Å². The van der Waals surface area contributed by atoms with Gasteiger partial charge in [-0.3, -0.25) is 4.79 Å². The van der Waals surface area contributed by atoms with Gasteiger partial charge in [0.05, 0.1) is 0 Å². The van der Waals surface area contributed by atoms with Crippen molar-refractivity contribution in [1.29, 1.82) is 0 Å². The van der Waals surface area contributed by atoms with Crippen LogP contribution < -0.4 is 5.32 Å². The van der Waals surface area contributed by atoms with Crippen molar-refractivity contribution in [2.45, 2.75) is 19.9 Å². The van der Waals surface area contributed by atoms with Crippen LogP contribution in [0.5, 0.6) is 0 Å². The lowest BCUT2D eigenvalue weighted by Crippen LogP contribution is -2.37. The largest absolute Gasteiger partial charge is 0.349 e. The average molecular weight is 306 g/mol. The van der Waals surface area contributed by atoms with Gasteiger partial charge in [0, 0.05) is 23.0 Å². The molecule has 2 nitrogen and oxygen atoms in total. The van der Waals surface area contributed by atoms with Crippen molar-refractivity contribution < 1.29 is 13.6 Å². The molecule has 1 amide bonds. The van der Waals surface area contributed by atoms with Crippen LogP contribution in [0.15, 0.2) is 18.2 Å². The Hall–Kier alpha value is -0.970. The summed E-state index contributed by atoms with van der Waals surface area (Å²) in [7, 11) is 0. The highest BCUT2D eigenvalue weighted by molar-refractivity contribution is 9.09. The zero-order valence-electron chi connectivity index (χ0n) is 9.64. The number of amides is 1. The van der Waals surface area contributed by atoms with Crippen molar-refractivity contribution in [3.63, 3.8) is 0 Å². The normalized spacial score (nSPS) is 14.2. The Labute approximate surface area is 108 Å².